The Hall–Kier alpha value is -2.08. The van der Waals surface area contributed by atoms with E-state index in [2.05, 4.69) is 26.8 Å². The number of hydrogen-bond acceptors (Lipinski definition) is 6. The van der Waals surface area contributed by atoms with Gasteiger partial charge < -0.3 is 20.3 Å². The second-order valence-corrected chi connectivity index (χ2v) is 5.06. The number of nitrogens with two attached hydrogens (primary N) is 1. The Morgan fingerprint density at radius 1 is 1.15 bits per heavy atom. The lowest BCUT2D eigenvalue weighted by Gasteiger charge is -2.35. The zero-order chi connectivity index (χ0) is 14.1. The van der Waals surface area contributed by atoms with E-state index >= 15 is 0 Å². The lowest BCUT2D eigenvalue weighted by Crippen LogP contribution is -2.44. The molecule has 0 amide bonds. The molecule has 2 heterocycles. The molecule has 1 saturated heterocycles. The van der Waals surface area contributed by atoms with Gasteiger partial charge in [-0.3, -0.25) is 0 Å². The average molecular weight is 273 g/mol. The zero-order valence-corrected chi connectivity index (χ0v) is 11.8. The molecule has 1 fully saturated rings. The Morgan fingerprint density at radius 2 is 1.90 bits per heavy atom. The van der Waals surface area contributed by atoms with Crippen molar-refractivity contribution in [1.29, 1.82) is 0 Å². The van der Waals surface area contributed by atoms with E-state index in [-0.39, 0.29) is 0 Å². The van der Waals surface area contributed by atoms with E-state index in [1.165, 1.54) is 6.33 Å². The van der Waals surface area contributed by atoms with Crippen LogP contribution in [0.1, 0.15) is 0 Å². The molecule has 1 aromatic carbocycles. The van der Waals surface area contributed by atoms with Gasteiger partial charge in [0.1, 0.15) is 17.9 Å². The summed E-state index contributed by atoms with van der Waals surface area (Å²) in [6.45, 7) is 3.93. The lowest BCUT2D eigenvalue weighted by atomic mass is 10.1. The first-order valence-corrected chi connectivity index (χ1v) is 6.71. The van der Waals surface area contributed by atoms with Gasteiger partial charge >= 0.3 is 0 Å². The number of ether oxygens (including phenoxy) is 1. The maximum absolute atomic E-state index is 6.07. The molecule has 0 saturated carbocycles. The van der Waals surface area contributed by atoms with Crippen LogP contribution in [0.2, 0.25) is 0 Å². The van der Waals surface area contributed by atoms with Crippen LogP contribution >= 0.6 is 0 Å². The van der Waals surface area contributed by atoms with Gasteiger partial charge in [-0.2, -0.15) is 0 Å². The Morgan fingerprint density at radius 3 is 2.60 bits per heavy atom. The van der Waals surface area contributed by atoms with E-state index in [0.29, 0.717) is 5.82 Å². The fourth-order valence-electron chi connectivity index (χ4n) is 2.65. The van der Waals surface area contributed by atoms with Gasteiger partial charge in [0.15, 0.2) is 0 Å². The van der Waals surface area contributed by atoms with E-state index in [1.807, 2.05) is 12.1 Å². The van der Waals surface area contributed by atoms with Crippen LogP contribution in [0.5, 0.6) is 5.75 Å². The van der Waals surface area contributed by atoms with Crippen molar-refractivity contribution < 1.29 is 4.74 Å². The van der Waals surface area contributed by atoms with Crippen LogP contribution in [0, 0.1) is 0 Å². The third-order valence-corrected chi connectivity index (χ3v) is 3.81. The molecule has 2 N–H and O–H groups in total. The summed E-state index contributed by atoms with van der Waals surface area (Å²) in [5.41, 5.74) is 7.94. The van der Waals surface area contributed by atoms with E-state index in [9.17, 15) is 0 Å². The Kier molecular flexibility index (Phi) is 3.31. The molecule has 6 heteroatoms. The van der Waals surface area contributed by atoms with E-state index in [4.69, 9.17) is 10.5 Å². The molecule has 1 aliphatic rings. The number of nitrogen functional groups attached to an aromatic ring is 1. The molecule has 0 radical (unpaired) electrons. The highest BCUT2D eigenvalue weighted by atomic mass is 16.5. The molecule has 3 rings (SSSR count). The van der Waals surface area contributed by atoms with Gasteiger partial charge in [0.05, 0.1) is 23.7 Å². The van der Waals surface area contributed by atoms with Gasteiger partial charge in [-0.05, 0) is 19.2 Å². The average Bonchev–Trinajstić information content (AvgIpc) is 2.47. The minimum Gasteiger partial charge on any atom is -0.495 e. The van der Waals surface area contributed by atoms with Crippen molar-refractivity contribution in [3.8, 4) is 5.75 Å². The van der Waals surface area contributed by atoms with Crippen molar-refractivity contribution in [3.05, 3.63) is 18.5 Å². The zero-order valence-electron chi connectivity index (χ0n) is 11.8. The summed E-state index contributed by atoms with van der Waals surface area (Å²) < 4.78 is 5.52. The first-order valence-electron chi connectivity index (χ1n) is 6.71. The molecule has 0 aliphatic carbocycles. The van der Waals surface area contributed by atoms with Gasteiger partial charge in [0.25, 0.3) is 0 Å². The maximum Gasteiger partial charge on any atom is 0.143 e. The highest BCUT2D eigenvalue weighted by Gasteiger charge is 2.21. The predicted molar refractivity (Wildman–Crippen MR) is 80.2 cm³/mol. The first kappa shape index (κ1) is 12.9. The number of aromatic nitrogens is 2. The third kappa shape index (κ3) is 2.12. The third-order valence-electron chi connectivity index (χ3n) is 3.81. The quantitative estimate of drug-likeness (QED) is 0.879. The van der Waals surface area contributed by atoms with Crippen LogP contribution in [-0.4, -0.2) is 55.2 Å². The number of likely N-dealkylation sites (N-methyl/N-ethyl adjacent to an activating group) is 1. The summed E-state index contributed by atoms with van der Waals surface area (Å²) in [6, 6.07) is 3.87. The summed E-state index contributed by atoms with van der Waals surface area (Å²) >= 11 is 0. The molecular weight excluding hydrogens is 254 g/mol. The minimum absolute atomic E-state index is 0.503. The number of piperazine rings is 1. The molecule has 1 aromatic heterocycles. The Bertz CT molecular complexity index is 622. The van der Waals surface area contributed by atoms with E-state index in [0.717, 1.165) is 48.5 Å². The molecule has 6 nitrogen and oxygen atoms in total. The second kappa shape index (κ2) is 5.13. The smallest absolute Gasteiger partial charge is 0.143 e. The normalized spacial score (nSPS) is 16.6. The molecule has 0 unspecified atom stereocenters. The number of hydrogen-bond donors (Lipinski definition) is 1. The van der Waals surface area contributed by atoms with Crippen molar-refractivity contribution in [1.82, 2.24) is 14.9 Å². The highest BCUT2D eigenvalue weighted by Crippen LogP contribution is 2.38. The van der Waals surface area contributed by atoms with Crippen LogP contribution in [0.25, 0.3) is 10.9 Å². The van der Waals surface area contributed by atoms with E-state index < -0.39 is 0 Å². The SMILES string of the molecule is COc1ccc2ncnc(N)c2c1N1CCN(C)CC1. The van der Waals surface area contributed by atoms with Gasteiger partial charge in [0, 0.05) is 26.2 Å². The minimum atomic E-state index is 0.503. The molecule has 1 aliphatic heterocycles. The molecule has 20 heavy (non-hydrogen) atoms. The van der Waals surface area contributed by atoms with Gasteiger partial charge in [-0.25, -0.2) is 9.97 Å². The summed E-state index contributed by atoms with van der Waals surface area (Å²) in [6.07, 6.45) is 1.50. The molecular formula is C14H19N5O. The number of fused-ring (bicyclic) bond motifs is 1. The van der Waals surface area contributed by atoms with Crippen LogP contribution in [0.3, 0.4) is 0 Å². The van der Waals surface area contributed by atoms with Gasteiger partial charge in [0.2, 0.25) is 0 Å². The molecule has 106 valence electrons. The fraction of sp³-hybridized carbons (Fsp3) is 0.429. The van der Waals surface area contributed by atoms with Crippen LogP contribution in [-0.2, 0) is 0 Å². The van der Waals surface area contributed by atoms with Crippen molar-refractivity contribution in [2.45, 2.75) is 0 Å². The predicted octanol–water partition coefficient (Wildman–Crippen LogP) is 0.972. The summed E-state index contributed by atoms with van der Waals surface area (Å²) in [7, 11) is 3.82. The summed E-state index contributed by atoms with van der Waals surface area (Å²) in [4.78, 5) is 13.1. The maximum atomic E-state index is 6.07. The van der Waals surface area contributed by atoms with Crippen LogP contribution in [0.15, 0.2) is 18.5 Å². The number of benzene rings is 1. The van der Waals surface area contributed by atoms with Gasteiger partial charge in [-0.1, -0.05) is 0 Å². The summed E-state index contributed by atoms with van der Waals surface area (Å²) in [5.74, 6) is 1.33. The molecule has 0 atom stereocenters. The summed E-state index contributed by atoms with van der Waals surface area (Å²) in [5, 5.41) is 0.886. The van der Waals surface area contributed by atoms with Crippen molar-refractivity contribution >= 4 is 22.4 Å². The largest absolute Gasteiger partial charge is 0.495 e. The highest BCUT2D eigenvalue weighted by molar-refractivity contribution is 6.01. The van der Waals surface area contributed by atoms with E-state index in [1.54, 1.807) is 7.11 Å². The number of nitrogens with zero attached hydrogens (tertiary/aromatic N) is 4. The number of anilines is 2. The lowest BCUT2D eigenvalue weighted by molar-refractivity contribution is 0.311. The van der Waals surface area contributed by atoms with Crippen LogP contribution in [0.4, 0.5) is 11.5 Å². The Balaban J connectivity index is 2.16. The van der Waals surface area contributed by atoms with Gasteiger partial charge in [-0.15, -0.1) is 0 Å². The number of methoxy groups -OCH3 is 1. The second-order valence-electron chi connectivity index (χ2n) is 5.06. The van der Waals surface area contributed by atoms with Crippen molar-refractivity contribution in [3.63, 3.8) is 0 Å². The van der Waals surface area contributed by atoms with Crippen molar-refractivity contribution in [2.24, 2.45) is 0 Å². The van der Waals surface area contributed by atoms with Crippen molar-refractivity contribution in [2.75, 3.05) is 51.0 Å². The molecule has 2 aromatic rings. The first-order chi connectivity index (χ1) is 9.70. The fourth-order valence-corrected chi connectivity index (χ4v) is 2.65. The van der Waals surface area contributed by atoms with Crippen LogP contribution < -0.4 is 15.4 Å². The monoisotopic (exact) mass is 273 g/mol. The standard InChI is InChI=1S/C14H19N5O/c1-18-5-7-19(8-6-18)13-11(20-2)4-3-10-12(13)14(15)17-9-16-10/h3-4,9H,5-8H2,1-2H3,(H2,15,16,17). The number of rotatable bonds is 2. The Labute approximate surface area is 118 Å². The topological polar surface area (TPSA) is 67.5 Å². The molecule has 0 spiro atoms. The molecule has 0 bridgehead atoms.